The number of ether oxygens (including phenoxy) is 1. The molecule has 2 N–H and O–H groups in total. The first kappa shape index (κ1) is 23.7. The lowest BCUT2D eigenvalue weighted by Crippen LogP contribution is -2.52. The Labute approximate surface area is 204 Å². The number of carbonyl (C=O) groups excluding carboxylic acids is 1. The van der Waals surface area contributed by atoms with Gasteiger partial charge in [0.05, 0.1) is 35.8 Å². The van der Waals surface area contributed by atoms with Crippen LogP contribution < -0.4 is 20.6 Å². The van der Waals surface area contributed by atoms with Crippen molar-refractivity contribution >= 4 is 34.8 Å². The van der Waals surface area contributed by atoms with Gasteiger partial charge in [-0.05, 0) is 48.7 Å². The van der Waals surface area contributed by atoms with E-state index in [4.69, 9.17) is 27.9 Å². The van der Waals surface area contributed by atoms with E-state index in [1.807, 2.05) is 29.3 Å². The first-order valence-electron chi connectivity index (χ1n) is 11.1. The molecule has 174 valence electrons. The highest BCUT2D eigenvalue weighted by Gasteiger charge is 2.47. The van der Waals surface area contributed by atoms with Crippen LogP contribution >= 0.6 is 23.2 Å². The number of anilines is 1. The fraction of sp³-hybridized carbons (Fsp3) is 0.417. The number of nitrogens with zero attached hydrogens (tertiary/aromatic N) is 3. The molecule has 0 radical (unpaired) electrons. The van der Waals surface area contributed by atoms with Gasteiger partial charge in [-0.1, -0.05) is 48.2 Å². The van der Waals surface area contributed by atoms with Crippen LogP contribution in [0.3, 0.4) is 0 Å². The second-order valence-corrected chi connectivity index (χ2v) is 9.17. The smallest absolute Gasteiger partial charge is 0.254 e. The zero-order valence-corrected chi connectivity index (χ0v) is 19.9. The number of hydrogen-bond donors (Lipinski definition) is 2. The molecule has 9 heteroatoms. The van der Waals surface area contributed by atoms with Crippen molar-refractivity contribution in [3.8, 4) is 11.8 Å². The molecule has 2 aliphatic rings. The Kier molecular flexibility index (Phi) is 7.61. The van der Waals surface area contributed by atoms with E-state index in [2.05, 4.69) is 16.9 Å². The average Bonchev–Trinajstić information content (AvgIpc) is 3.01. The number of nitriles is 1. The van der Waals surface area contributed by atoms with E-state index >= 15 is 0 Å². The van der Waals surface area contributed by atoms with E-state index in [1.165, 1.54) is 0 Å². The van der Waals surface area contributed by atoms with Gasteiger partial charge in [0, 0.05) is 18.1 Å². The molecule has 2 heterocycles. The molecule has 7 nitrogen and oxygen atoms in total. The van der Waals surface area contributed by atoms with Gasteiger partial charge >= 0.3 is 0 Å². The molecule has 2 fully saturated rings. The number of carbonyl (C=O) groups is 1. The van der Waals surface area contributed by atoms with Crippen LogP contribution in [0.2, 0.25) is 10.0 Å². The van der Waals surface area contributed by atoms with Crippen molar-refractivity contribution in [2.24, 2.45) is 5.92 Å². The Morgan fingerprint density at radius 2 is 1.82 bits per heavy atom. The van der Waals surface area contributed by atoms with E-state index in [9.17, 15) is 10.1 Å². The summed E-state index contributed by atoms with van der Waals surface area (Å²) in [6, 6.07) is 13.8. The molecular weight excluding hydrogens is 461 g/mol. The molecule has 0 bridgehead atoms. The third kappa shape index (κ3) is 5.20. The number of methoxy groups -OCH3 is 1. The van der Waals surface area contributed by atoms with E-state index in [-0.39, 0.29) is 5.91 Å². The van der Waals surface area contributed by atoms with Gasteiger partial charge in [-0.2, -0.15) is 5.26 Å². The summed E-state index contributed by atoms with van der Waals surface area (Å²) in [6.07, 6.45) is 4.41. The Morgan fingerprint density at radius 1 is 1.12 bits per heavy atom. The zero-order chi connectivity index (χ0) is 23.4. The Morgan fingerprint density at radius 3 is 2.42 bits per heavy atom. The number of nitrogens with one attached hydrogen (secondary N) is 2. The molecule has 33 heavy (non-hydrogen) atoms. The van der Waals surface area contributed by atoms with Gasteiger partial charge < -0.3 is 4.74 Å². The molecule has 4 rings (SSSR count). The van der Waals surface area contributed by atoms with Crippen molar-refractivity contribution < 1.29 is 9.53 Å². The second-order valence-electron chi connectivity index (χ2n) is 8.32. The van der Waals surface area contributed by atoms with Crippen LogP contribution in [0, 0.1) is 17.2 Å². The number of rotatable bonds is 5. The second kappa shape index (κ2) is 10.6. The van der Waals surface area contributed by atoms with Gasteiger partial charge in [0.25, 0.3) is 5.91 Å². The van der Waals surface area contributed by atoms with Crippen molar-refractivity contribution in [3.63, 3.8) is 0 Å². The fourth-order valence-electron chi connectivity index (χ4n) is 4.48. The van der Waals surface area contributed by atoms with Crippen molar-refractivity contribution in [1.29, 1.82) is 5.26 Å². The molecule has 0 aromatic heterocycles. The predicted molar refractivity (Wildman–Crippen MR) is 129 cm³/mol. The fourth-order valence-corrected chi connectivity index (χ4v) is 4.98. The molecule has 1 amide bonds. The molecule has 0 aliphatic carbocycles. The van der Waals surface area contributed by atoms with Crippen LogP contribution in [-0.4, -0.2) is 37.2 Å². The lowest BCUT2D eigenvalue weighted by Gasteiger charge is -2.28. The van der Waals surface area contributed by atoms with E-state index < -0.39 is 18.0 Å². The van der Waals surface area contributed by atoms with E-state index in [0.29, 0.717) is 21.5 Å². The van der Waals surface area contributed by atoms with Crippen molar-refractivity contribution in [2.75, 3.05) is 25.2 Å². The van der Waals surface area contributed by atoms with Gasteiger partial charge in [0.1, 0.15) is 11.8 Å². The third-order valence-electron chi connectivity index (χ3n) is 6.19. The molecule has 0 saturated carbocycles. The van der Waals surface area contributed by atoms with Gasteiger partial charge in [-0.3, -0.25) is 15.2 Å². The summed E-state index contributed by atoms with van der Waals surface area (Å²) in [5.41, 5.74) is 7.81. The third-order valence-corrected chi connectivity index (χ3v) is 6.73. The summed E-state index contributed by atoms with van der Waals surface area (Å²) in [4.78, 5) is 13.3. The quantitative estimate of drug-likeness (QED) is 0.646. The summed E-state index contributed by atoms with van der Waals surface area (Å²) in [7, 11) is 1.60. The molecule has 2 aliphatic heterocycles. The number of hydrogen-bond acceptors (Lipinski definition) is 6. The minimum absolute atomic E-state index is 0.227. The summed E-state index contributed by atoms with van der Waals surface area (Å²) >= 11 is 12.6. The topological polar surface area (TPSA) is 80.6 Å². The Hall–Kier alpha value is -2.50. The SMILES string of the molecule is COc1ccc(C2[C@@H](C#N)[C@@H](C(=O)NN3CCCCCC3)NN2c2ccc(Cl)cc2Cl)cc1. The zero-order valence-electron chi connectivity index (χ0n) is 18.4. The van der Waals surface area contributed by atoms with Crippen molar-refractivity contribution in [1.82, 2.24) is 15.9 Å². The van der Waals surface area contributed by atoms with Crippen LogP contribution in [0.4, 0.5) is 5.69 Å². The van der Waals surface area contributed by atoms with Gasteiger partial charge in [0.15, 0.2) is 0 Å². The van der Waals surface area contributed by atoms with Crippen LogP contribution in [0.15, 0.2) is 42.5 Å². The van der Waals surface area contributed by atoms with Crippen LogP contribution in [0.25, 0.3) is 0 Å². The molecule has 3 atom stereocenters. The molecule has 0 spiro atoms. The highest BCUT2D eigenvalue weighted by molar-refractivity contribution is 6.36. The van der Waals surface area contributed by atoms with E-state index in [1.54, 1.807) is 30.3 Å². The summed E-state index contributed by atoms with van der Waals surface area (Å²) in [5, 5.41) is 14.9. The number of halogens is 2. The minimum Gasteiger partial charge on any atom is -0.497 e. The van der Waals surface area contributed by atoms with Crippen LogP contribution in [0.1, 0.15) is 37.3 Å². The molecule has 1 unspecified atom stereocenters. The van der Waals surface area contributed by atoms with Crippen LogP contribution in [-0.2, 0) is 4.79 Å². The predicted octanol–water partition coefficient (Wildman–Crippen LogP) is 4.48. The van der Waals surface area contributed by atoms with E-state index in [0.717, 1.165) is 44.3 Å². The van der Waals surface area contributed by atoms with Crippen molar-refractivity contribution in [3.05, 3.63) is 58.1 Å². The number of hydrazine groups is 2. The molecule has 2 saturated heterocycles. The number of amides is 1. The largest absolute Gasteiger partial charge is 0.497 e. The first-order chi connectivity index (χ1) is 16.0. The summed E-state index contributed by atoms with van der Waals surface area (Å²) in [6.45, 7) is 1.62. The van der Waals surface area contributed by atoms with Crippen LogP contribution in [0.5, 0.6) is 5.75 Å². The maximum atomic E-state index is 13.3. The monoisotopic (exact) mass is 487 g/mol. The maximum absolute atomic E-state index is 13.3. The van der Waals surface area contributed by atoms with Gasteiger partial charge in [-0.15, -0.1) is 0 Å². The van der Waals surface area contributed by atoms with Crippen molar-refractivity contribution in [2.45, 2.75) is 37.8 Å². The maximum Gasteiger partial charge on any atom is 0.254 e. The first-order valence-corrected chi connectivity index (χ1v) is 11.9. The Balaban J connectivity index is 1.67. The van der Waals surface area contributed by atoms with Gasteiger partial charge in [-0.25, -0.2) is 10.4 Å². The Bertz CT molecular complexity index is 1020. The molecular formula is C24H27Cl2N5O2. The lowest BCUT2D eigenvalue weighted by molar-refractivity contribution is -0.128. The summed E-state index contributed by atoms with van der Waals surface area (Å²) in [5.74, 6) is -0.170. The summed E-state index contributed by atoms with van der Waals surface area (Å²) < 4.78 is 5.28. The minimum atomic E-state index is -0.753. The lowest BCUT2D eigenvalue weighted by atomic mass is 9.89. The number of benzene rings is 2. The normalized spacial score (nSPS) is 23.6. The highest BCUT2D eigenvalue weighted by atomic mass is 35.5. The standard InChI is InChI=1S/C24H27Cl2N5O2/c1-33-18-9-6-16(7-10-18)23-19(15-27)22(24(32)29-30-12-4-2-3-5-13-30)28-31(23)21-11-8-17(25)14-20(21)26/h6-11,14,19,22-23,28H,2-5,12-13H2,1H3,(H,29,32)/t19-,22-,23?/m0/s1. The van der Waals surface area contributed by atoms with Gasteiger partial charge in [0.2, 0.25) is 0 Å². The highest BCUT2D eigenvalue weighted by Crippen LogP contribution is 2.42. The average molecular weight is 488 g/mol. The molecule has 2 aromatic carbocycles. The molecule has 2 aromatic rings.